The largest absolute Gasteiger partial charge is 0.396 e. The molecule has 1 aliphatic heterocycles. The van der Waals surface area contributed by atoms with Crippen LogP contribution in [0.5, 0.6) is 0 Å². The fraction of sp³-hybridized carbons (Fsp3) is 0.634. The Morgan fingerprint density at radius 3 is 1.07 bits per heavy atom. The van der Waals surface area contributed by atoms with Gasteiger partial charge in [-0.2, -0.15) is 0 Å². The summed E-state index contributed by atoms with van der Waals surface area (Å²) in [6, 6.07) is -8.34. The van der Waals surface area contributed by atoms with Crippen LogP contribution in [0.3, 0.4) is 0 Å². The number of nitrogens with one attached hydrogen (secondary N) is 6. The number of carbonyl (C=O) groups is 9. The third-order valence-corrected chi connectivity index (χ3v) is 9.95. The maximum absolute atomic E-state index is 14.1. The fourth-order valence-electron chi connectivity index (χ4n) is 6.09. The van der Waals surface area contributed by atoms with Crippen LogP contribution in [0.4, 0.5) is 0 Å². The molecule has 0 aromatic rings. The molecule has 0 aromatic carbocycles. The van der Waals surface area contributed by atoms with E-state index >= 15 is 0 Å². The summed E-state index contributed by atoms with van der Waals surface area (Å²) in [6.45, 7) is -0.261. The van der Waals surface area contributed by atoms with Gasteiger partial charge in [-0.15, -0.1) is 0 Å². The smallest absolute Gasteiger partial charge is 0.269 e. The van der Waals surface area contributed by atoms with Gasteiger partial charge in [-0.05, 0) is 78.6 Å². The molecule has 0 aliphatic carbocycles. The Kier molecular flexibility index (Phi) is 28.2. The lowest BCUT2D eigenvalue weighted by Crippen LogP contribution is -2.61. The minimum absolute atomic E-state index is 0.140. The van der Waals surface area contributed by atoms with Gasteiger partial charge < -0.3 is 57.4 Å². The van der Waals surface area contributed by atoms with Crippen molar-refractivity contribution in [2.45, 2.75) is 109 Å². The normalized spacial score (nSPS) is 20.8. The maximum Gasteiger partial charge on any atom is 0.269 e. The molecule has 1 heterocycles. The summed E-state index contributed by atoms with van der Waals surface area (Å²) in [4.78, 5) is 119. The van der Waals surface area contributed by atoms with E-state index in [4.69, 9.17) is 15.3 Å². The van der Waals surface area contributed by atoms with E-state index in [0.717, 1.165) is 18.2 Å². The minimum atomic E-state index is -1.79. The number of hydrogen-bond donors (Lipinski definition) is 14. The Hall–Kier alpha value is -5.87. The molecule has 0 bridgehead atoms. The van der Waals surface area contributed by atoms with Crippen molar-refractivity contribution in [3.63, 3.8) is 0 Å². The van der Waals surface area contributed by atoms with Crippen molar-refractivity contribution in [2.24, 2.45) is 0 Å². The number of hydrogen-bond acceptors (Lipinski definition) is 17. The van der Waals surface area contributed by atoms with Crippen LogP contribution in [-0.4, -0.2) is 199 Å². The lowest BCUT2D eigenvalue weighted by atomic mass is 10.0. The highest BCUT2D eigenvalue weighted by Crippen LogP contribution is 2.10. The first kappa shape index (κ1) is 59.1. The second kappa shape index (κ2) is 31.9. The van der Waals surface area contributed by atoms with Crippen molar-refractivity contribution >= 4 is 53.2 Å². The third-order valence-electron chi connectivity index (χ3n) is 9.95. The van der Waals surface area contributed by atoms with Gasteiger partial charge >= 0.3 is 0 Å². The molecule has 67 heavy (non-hydrogen) atoms. The molecule has 378 valence electrons. The molecule has 26 nitrogen and oxygen atoms in total. The lowest BCUT2D eigenvalue weighted by Gasteiger charge is -2.28. The molecule has 1 aliphatic rings. The average molecular weight is 958 g/mol. The summed E-state index contributed by atoms with van der Waals surface area (Å²) < 4.78 is 0. The zero-order chi connectivity index (χ0) is 50.6. The predicted molar refractivity (Wildman–Crippen MR) is 231 cm³/mol. The zero-order valence-corrected chi connectivity index (χ0v) is 37.9. The standard InChI is InChI=1S/C41H67N9O17/c1-25(10-16-51)19-34(57)48(65)13-4-7-28-38(61)44-29(8-5-14-49(66)35(58)20-26(2)11-17-52)39(62)45-30(9-6-15-50(67)36(59)21-27(3)12-18-53)40(63)47-32(24-55)41(64)46-31(23-54)37(60)42-22-33(56)43-28/h19-21,28-32,51-55,65-67H,4-18,22-24H2,1-3H3,(H,42,60)(H,43,56)(H,44,61)(H,45,62)(H,46,64)(H,47,63)/b25-19+,26-20+,27-21+/t28-,29-,30-,31-,32-/m0/s1. The van der Waals surface area contributed by atoms with Crippen LogP contribution in [0.1, 0.15) is 78.6 Å². The SMILES string of the molecule is C/C(=C\C(=O)N(O)CCC[C@@H]1NC(=O)CNC(=O)[C@H](CO)NC(=O)[C@H](CO)NC(=O)[C@H](CCCN(O)C(=O)/C=C(\C)CCO)NC(=O)[C@H](CCCN(O)C(=O)/C=C(\C)CCO)NC1=O)CCO. The number of rotatable bonds is 23. The van der Waals surface area contributed by atoms with Crippen molar-refractivity contribution < 1.29 is 84.3 Å². The fourth-order valence-corrected chi connectivity index (χ4v) is 6.09. The molecule has 5 atom stereocenters. The molecule has 0 spiro atoms. The molecule has 14 N–H and O–H groups in total. The van der Waals surface area contributed by atoms with Crippen molar-refractivity contribution in [3.8, 4) is 0 Å². The Morgan fingerprint density at radius 2 is 0.761 bits per heavy atom. The first-order valence-corrected chi connectivity index (χ1v) is 21.6. The van der Waals surface area contributed by atoms with Gasteiger partial charge in [0.25, 0.3) is 17.7 Å². The van der Waals surface area contributed by atoms with Crippen LogP contribution in [0.2, 0.25) is 0 Å². The summed E-state index contributed by atoms with van der Waals surface area (Å²) in [6.07, 6.45) is 2.08. The third kappa shape index (κ3) is 22.9. The van der Waals surface area contributed by atoms with Gasteiger partial charge in [0, 0.05) is 57.7 Å². The maximum atomic E-state index is 14.1. The Labute approximate surface area is 387 Å². The molecule has 0 radical (unpaired) electrons. The van der Waals surface area contributed by atoms with E-state index in [1.807, 2.05) is 0 Å². The van der Waals surface area contributed by atoms with E-state index in [-0.39, 0.29) is 84.2 Å². The average Bonchev–Trinajstić information content (AvgIpc) is 3.27. The monoisotopic (exact) mass is 957 g/mol. The summed E-state index contributed by atoms with van der Waals surface area (Å²) >= 11 is 0. The first-order valence-electron chi connectivity index (χ1n) is 21.6. The van der Waals surface area contributed by atoms with E-state index < -0.39 is 116 Å². The topological polar surface area (TPSA) is 397 Å². The van der Waals surface area contributed by atoms with Crippen molar-refractivity contribution in [1.82, 2.24) is 47.1 Å². The molecule has 26 heteroatoms. The Morgan fingerprint density at radius 1 is 0.478 bits per heavy atom. The van der Waals surface area contributed by atoms with Gasteiger partial charge in [-0.1, -0.05) is 16.7 Å². The number of amides is 9. The van der Waals surface area contributed by atoms with Crippen molar-refractivity contribution in [3.05, 3.63) is 34.9 Å². The zero-order valence-electron chi connectivity index (χ0n) is 37.9. The highest BCUT2D eigenvalue weighted by Gasteiger charge is 2.33. The molecule has 0 aromatic heterocycles. The second-order valence-corrected chi connectivity index (χ2v) is 15.7. The molecule has 0 unspecified atom stereocenters. The summed E-state index contributed by atoms with van der Waals surface area (Å²) in [5, 5.41) is 93.2. The first-order chi connectivity index (χ1) is 31.7. The molecule has 1 saturated heterocycles. The highest BCUT2D eigenvalue weighted by molar-refractivity contribution is 5.97. The molecular weight excluding hydrogens is 890 g/mol. The van der Waals surface area contributed by atoms with Gasteiger partial charge in [0.2, 0.25) is 35.4 Å². The van der Waals surface area contributed by atoms with E-state index in [1.165, 1.54) is 0 Å². The number of hydroxylamine groups is 6. The summed E-state index contributed by atoms with van der Waals surface area (Å²) in [5.74, 6) is -9.06. The van der Waals surface area contributed by atoms with E-state index in [9.17, 15) is 69.0 Å². The van der Waals surface area contributed by atoms with Gasteiger partial charge in [-0.3, -0.25) is 58.8 Å². The Balaban J connectivity index is 3.69. The van der Waals surface area contributed by atoms with Crippen LogP contribution < -0.4 is 31.9 Å². The second-order valence-electron chi connectivity index (χ2n) is 15.7. The van der Waals surface area contributed by atoms with Gasteiger partial charge in [-0.25, -0.2) is 15.2 Å². The van der Waals surface area contributed by atoms with Crippen molar-refractivity contribution in [2.75, 3.05) is 59.2 Å². The van der Waals surface area contributed by atoms with Crippen molar-refractivity contribution in [1.29, 1.82) is 0 Å². The molecule has 1 rings (SSSR count). The number of nitrogens with zero attached hydrogens (tertiary/aromatic N) is 3. The van der Waals surface area contributed by atoms with Crippen LogP contribution >= 0.6 is 0 Å². The van der Waals surface area contributed by atoms with Gasteiger partial charge in [0.05, 0.1) is 19.8 Å². The van der Waals surface area contributed by atoms with Crippen LogP contribution in [-0.2, 0) is 43.2 Å². The summed E-state index contributed by atoms with van der Waals surface area (Å²) in [5.41, 5.74) is 1.34. The summed E-state index contributed by atoms with van der Waals surface area (Å²) in [7, 11) is 0. The number of carbonyl (C=O) groups excluding carboxylic acids is 9. The van der Waals surface area contributed by atoms with Crippen LogP contribution in [0.15, 0.2) is 34.9 Å². The van der Waals surface area contributed by atoms with E-state index in [1.54, 1.807) is 20.8 Å². The van der Waals surface area contributed by atoms with Crippen LogP contribution in [0, 0.1) is 0 Å². The number of aliphatic hydroxyl groups excluding tert-OH is 5. The molecular formula is C41H67N9O17. The Bertz CT molecular complexity index is 1790. The molecule has 0 saturated carbocycles. The lowest BCUT2D eigenvalue weighted by molar-refractivity contribution is -0.160. The van der Waals surface area contributed by atoms with Gasteiger partial charge in [0.1, 0.15) is 30.2 Å². The number of aliphatic hydroxyl groups is 5. The van der Waals surface area contributed by atoms with E-state index in [0.29, 0.717) is 31.9 Å². The minimum Gasteiger partial charge on any atom is -0.396 e. The molecule has 1 fully saturated rings. The van der Waals surface area contributed by atoms with Crippen LogP contribution in [0.25, 0.3) is 0 Å². The van der Waals surface area contributed by atoms with E-state index in [2.05, 4.69) is 31.9 Å². The quantitative estimate of drug-likeness (QED) is 0.0261. The van der Waals surface area contributed by atoms with Gasteiger partial charge in [0.15, 0.2) is 0 Å². The predicted octanol–water partition coefficient (Wildman–Crippen LogP) is -4.50. The molecule has 9 amide bonds. The highest BCUT2D eigenvalue weighted by atomic mass is 16.5.